The van der Waals surface area contributed by atoms with E-state index in [-0.39, 0.29) is 24.8 Å². The summed E-state index contributed by atoms with van der Waals surface area (Å²) < 4.78 is 5.84. The van der Waals surface area contributed by atoms with Crippen LogP contribution in [0.3, 0.4) is 0 Å². The lowest BCUT2D eigenvalue weighted by Crippen LogP contribution is -2.23. The lowest BCUT2D eigenvalue weighted by molar-refractivity contribution is 0.297. The number of benzene rings is 3. The van der Waals surface area contributed by atoms with Crippen LogP contribution >= 0.6 is 36.4 Å². The van der Waals surface area contributed by atoms with Crippen LogP contribution in [0.1, 0.15) is 35.9 Å². The van der Waals surface area contributed by atoms with Crippen molar-refractivity contribution < 1.29 is 4.74 Å². The van der Waals surface area contributed by atoms with Gasteiger partial charge in [0.25, 0.3) is 0 Å². The Labute approximate surface area is 225 Å². The molecule has 7 heteroatoms. The van der Waals surface area contributed by atoms with Gasteiger partial charge in [-0.05, 0) is 92.2 Å². The molecule has 0 aliphatic carbocycles. The first-order valence-electron chi connectivity index (χ1n) is 11.7. The summed E-state index contributed by atoms with van der Waals surface area (Å²) in [5.41, 5.74) is 6.11. The summed E-state index contributed by atoms with van der Waals surface area (Å²) in [7, 11) is 0. The molecule has 0 amide bonds. The van der Waals surface area contributed by atoms with Gasteiger partial charge in [-0.15, -0.1) is 24.8 Å². The van der Waals surface area contributed by atoms with Crippen LogP contribution in [0.4, 0.5) is 0 Å². The van der Waals surface area contributed by atoms with Crippen molar-refractivity contribution in [2.75, 3.05) is 13.1 Å². The standard InChI is InChI=1S/C28H32ClN3O.2ClH/c1-20(18-30-17-16-22-6-4-3-5-7-22)8-9-23-10-15-26-28(21(23)2)32-27(31-26)19-33-25-13-11-24(29)12-14-25;;/h3-7,10-15,20,30H,8-9,16-19H2,1-2H3,(H,31,32);2*1H. The van der Waals surface area contributed by atoms with Crippen molar-refractivity contribution in [3.8, 4) is 5.75 Å². The predicted molar refractivity (Wildman–Crippen MR) is 152 cm³/mol. The third-order valence-electron chi connectivity index (χ3n) is 6.09. The van der Waals surface area contributed by atoms with E-state index < -0.39 is 0 Å². The minimum atomic E-state index is 0. The number of halogens is 3. The number of aryl methyl sites for hydroxylation is 2. The van der Waals surface area contributed by atoms with Crippen molar-refractivity contribution in [2.45, 2.75) is 39.7 Å². The highest BCUT2D eigenvalue weighted by Gasteiger charge is 2.11. The van der Waals surface area contributed by atoms with E-state index in [4.69, 9.17) is 21.3 Å². The minimum absolute atomic E-state index is 0. The molecule has 1 unspecified atom stereocenters. The van der Waals surface area contributed by atoms with E-state index in [1.165, 1.54) is 16.7 Å². The number of nitrogens with one attached hydrogen (secondary N) is 2. The Morgan fingerprint density at radius 3 is 2.46 bits per heavy atom. The number of ether oxygens (including phenoxy) is 1. The molecule has 0 saturated carbocycles. The number of nitrogens with zero attached hydrogens (tertiary/aromatic N) is 1. The van der Waals surface area contributed by atoms with Gasteiger partial charge in [0.1, 0.15) is 18.2 Å². The molecule has 4 aromatic rings. The number of aromatic amines is 1. The molecule has 0 saturated heterocycles. The molecule has 3 aromatic carbocycles. The molecule has 2 N–H and O–H groups in total. The van der Waals surface area contributed by atoms with Gasteiger partial charge < -0.3 is 15.0 Å². The maximum Gasteiger partial charge on any atom is 0.146 e. The van der Waals surface area contributed by atoms with E-state index in [2.05, 4.69) is 66.6 Å². The second kappa shape index (κ2) is 14.4. The fraction of sp³-hybridized carbons (Fsp3) is 0.321. The van der Waals surface area contributed by atoms with Gasteiger partial charge in [-0.25, -0.2) is 4.98 Å². The molecule has 4 rings (SSSR count). The highest BCUT2D eigenvalue weighted by atomic mass is 35.5. The molecule has 0 radical (unpaired) electrons. The summed E-state index contributed by atoms with van der Waals surface area (Å²) in [5, 5.41) is 4.31. The van der Waals surface area contributed by atoms with E-state index in [9.17, 15) is 0 Å². The zero-order valence-corrected chi connectivity index (χ0v) is 22.6. The summed E-state index contributed by atoms with van der Waals surface area (Å²) >= 11 is 5.94. The highest BCUT2D eigenvalue weighted by Crippen LogP contribution is 2.23. The van der Waals surface area contributed by atoms with Gasteiger partial charge in [0, 0.05) is 5.02 Å². The fourth-order valence-corrected chi connectivity index (χ4v) is 4.18. The first kappa shape index (κ1) is 29.0. The first-order valence-corrected chi connectivity index (χ1v) is 12.1. The molecule has 0 spiro atoms. The molecule has 4 nitrogen and oxygen atoms in total. The molecule has 0 fully saturated rings. The minimum Gasteiger partial charge on any atom is -0.486 e. The molecule has 1 atom stereocenters. The Morgan fingerprint density at radius 1 is 0.971 bits per heavy atom. The Bertz CT molecular complexity index is 1160. The van der Waals surface area contributed by atoms with Gasteiger partial charge in [-0.1, -0.05) is 54.9 Å². The molecule has 1 aromatic heterocycles. The number of H-pyrrole nitrogens is 1. The van der Waals surface area contributed by atoms with Crippen LogP contribution in [0.25, 0.3) is 11.0 Å². The average molecular weight is 535 g/mol. The third-order valence-corrected chi connectivity index (χ3v) is 6.34. The zero-order chi connectivity index (χ0) is 23.0. The molecule has 188 valence electrons. The van der Waals surface area contributed by atoms with Gasteiger partial charge in [0.2, 0.25) is 0 Å². The molecule has 0 bridgehead atoms. The zero-order valence-electron chi connectivity index (χ0n) is 20.2. The molecule has 0 aliphatic heterocycles. The molecular formula is C28H34Cl3N3O. The topological polar surface area (TPSA) is 49.9 Å². The van der Waals surface area contributed by atoms with Gasteiger partial charge in [0.05, 0.1) is 11.0 Å². The molecule has 35 heavy (non-hydrogen) atoms. The average Bonchev–Trinajstić information content (AvgIpc) is 3.26. The van der Waals surface area contributed by atoms with Crippen LogP contribution < -0.4 is 10.1 Å². The summed E-state index contributed by atoms with van der Waals surface area (Å²) in [4.78, 5) is 8.19. The van der Waals surface area contributed by atoms with Gasteiger partial charge in [-0.3, -0.25) is 0 Å². The number of hydrogen-bond acceptors (Lipinski definition) is 3. The summed E-state index contributed by atoms with van der Waals surface area (Å²) in [6, 6.07) is 22.4. The van der Waals surface area contributed by atoms with E-state index in [1.54, 1.807) is 0 Å². The number of rotatable bonds is 11. The Morgan fingerprint density at radius 2 is 1.71 bits per heavy atom. The lowest BCUT2D eigenvalue weighted by Gasteiger charge is -2.14. The molecule has 1 heterocycles. The first-order chi connectivity index (χ1) is 16.1. The van der Waals surface area contributed by atoms with E-state index >= 15 is 0 Å². The third kappa shape index (κ3) is 8.43. The van der Waals surface area contributed by atoms with Crippen molar-refractivity contribution in [2.24, 2.45) is 5.92 Å². The number of hydrogen-bond donors (Lipinski definition) is 2. The monoisotopic (exact) mass is 533 g/mol. The maximum atomic E-state index is 5.94. The van der Waals surface area contributed by atoms with Gasteiger partial charge >= 0.3 is 0 Å². The molecule has 0 aliphatic rings. The van der Waals surface area contributed by atoms with Crippen LogP contribution in [-0.2, 0) is 19.4 Å². The van der Waals surface area contributed by atoms with Crippen molar-refractivity contribution >= 4 is 47.4 Å². The predicted octanol–water partition coefficient (Wildman–Crippen LogP) is 7.35. The maximum absolute atomic E-state index is 5.94. The van der Waals surface area contributed by atoms with Gasteiger partial charge in [0.15, 0.2) is 0 Å². The lowest BCUT2D eigenvalue weighted by atomic mass is 9.97. The second-order valence-corrected chi connectivity index (χ2v) is 9.19. The van der Waals surface area contributed by atoms with Crippen molar-refractivity contribution in [1.29, 1.82) is 0 Å². The number of fused-ring (bicyclic) bond motifs is 1. The molecular weight excluding hydrogens is 501 g/mol. The smallest absolute Gasteiger partial charge is 0.146 e. The van der Waals surface area contributed by atoms with Crippen LogP contribution in [0, 0.1) is 12.8 Å². The Kier molecular flexibility index (Phi) is 11.9. The second-order valence-electron chi connectivity index (χ2n) is 8.76. The summed E-state index contributed by atoms with van der Waals surface area (Å²) in [6.45, 7) is 6.96. The van der Waals surface area contributed by atoms with Crippen molar-refractivity contribution in [1.82, 2.24) is 15.3 Å². The highest BCUT2D eigenvalue weighted by molar-refractivity contribution is 6.30. The van der Waals surface area contributed by atoms with Crippen LogP contribution in [0.5, 0.6) is 5.75 Å². The Hall–Kier alpha value is -2.24. The quantitative estimate of drug-likeness (QED) is 0.198. The van der Waals surface area contributed by atoms with Crippen LogP contribution in [0.2, 0.25) is 5.02 Å². The summed E-state index contributed by atoms with van der Waals surface area (Å²) in [6.07, 6.45) is 3.29. The largest absolute Gasteiger partial charge is 0.486 e. The fourth-order valence-electron chi connectivity index (χ4n) is 4.06. The number of aromatic nitrogens is 2. The van der Waals surface area contributed by atoms with Crippen molar-refractivity contribution in [3.63, 3.8) is 0 Å². The van der Waals surface area contributed by atoms with Crippen molar-refractivity contribution in [3.05, 3.63) is 94.3 Å². The van der Waals surface area contributed by atoms with Gasteiger partial charge in [-0.2, -0.15) is 0 Å². The normalized spacial score (nSPS) is 11.5. The van der Waals surface area contributed by atoms with E-state index in [0.717, 1.165) is 55.0 Å². The Balaban J connectivity index is 0.00000216. The summed E-state index contributed by atoms with van der Waals surface area (Å²) in [5.74, 6) is 2.23. The van der Waals surface area contributed by atoms with E-state index in [0.29, 0.717) is 17.5 Å². The SMILES string of the molecule is Cc1c(CCC(C)CNCCc2ccccc2)ccc2[nH]c(COc3ccc(Cl)cc3)nc12.Cl.Cl. The van der Waals surface area contributed by atoms with Crippen LogP contribution in [-0.4, -0.2) is 23.1 Å². The van der Waals surface area contributed by atoms with E-state index in [1.807, 2.05) is 24.3 Å². The van der Waals surface area contributed by atoms with Crippen LogP contribution in [0.15, 0.2) is 66.7 Å². The number of imidazole rings is 1.